The highest BCUT2D eigenvalue weighted by molar-refractivity contribution is 6.08. The van der Waals surface area contributed by atoms with Gasteiger partial charge in [-0.25, -0.2) is 0 Å². The fraction of sp³-hybridized carbons (Fsp3) is 0.222. The summed E-state index contributed by atoms with van der Waals surface area (Å²) in [6.45, 7) is 1.36. The van der Waals surface area contributed by atoms with Crippen molar-refractivity contribution in [3.63, 3.8) is 0 Å². The first-order valence-electron chi connectivity index (χ1n) is 8.16. The average molecular weight is 338 g/mol. The molecule has 25 heavy (non-hydrogen) atoms. The smallest absolute Gasteiger partial charge is 0.256 e. The molecular formula is C18H22N6O. The highest BCUT2D eigenvalue weighted by Crippen LogP contribution is 2.24. The number of aryl methyl sites for hydroxylation is 1. The quantitative estimate of drug-likeness (QED) is 0.407. The molecule has 3 aromatic rings. The minimum absolute atomic E-state index is 0.246. The van der Waals surface area contributed by atoms with Crippen molar-refractivity contribution >= 4 is 34.0 Å². The van der Waals surface area contributed by atoms with E-state index in [2.05, 4.69) is 15.7 Å². The molecule has 7 nitrogen and oxygen atoms in total. The van der Waals surface area contributed by atoms with Crippen LogP contribution in [0.15, 0.2) is 42.5 Å². The van der Waals surface area contributed by atoms with Crippen molar-refractivity contribution in [2.75, 3.05) is 29.5 Å². The molecule has 130 valence electrons. The first-order chi connectivity index (χ1) is 12.1. The van der Waals surface area contributed by atoms with Crippen molar-refractivity contribution in [3.8, 4) is 0 Å². The van der Waals surface area contributed by atoms with E-state index in [0.717, 1.165) is 29.6 Å². The number of fused-ring (bicyclic) bond motifs is 1. The Kier molecular flexibility index (Phi) is 4.85. The molecule has 2 aromatic carbocycles. The number of benzene rings is 2. The Labute approximate surface area is 146 Å². The van der Waals surface area contributed by atoms with Gasteiger partial charge in [-0.3, -0.25) is 9.48 Å². The predicted molar refractivity (Wildman–Crippen MR) is 102 cm³/mol. The maximum Gasteiger partial charge on any atom is 0.256 e. The number of anilines is 3. The largest absolute Gasteiger partial charge is 0.397 e. The van der Waals surface area contributed by atoms with Crippen molar-refractivity contribution < 1.29 is 4.79 Å². The van der Waals surface area contributed by atoms with Gasteiger partial charge in [-0.15, -0.1) is 0 Å². The number of aromatic nitrogens is 2. The number of carbonyl (C=O) groups is 1. The Bertz CT molecular complexity index is 902. The van der Waals surface area contributed by atoms with E-state index in [0.29, 0.717) is 23.6 Å². The minimum Gasteiger partial charge on any atom is -0.397 e. The van der Waals surface area contributed by atoms with Crippen LogP contribution in [0.25, 0.3) is 10.9 Å². The number of nitrogens with two attached hydrogens (primary N) is 2. The first kappa shape index (κ1) is 16.8. The molecule has 1 aromatic heterocycles. The molecule has 0 saturated heterocycles. The standard InChI is InChI=1S/C18H22N6O/c1-24-16-6-3-2-5-13(16)17(23-24)22-18(25)12-7-8-15(14(20)11-12)21-10-4-9-19/h2-3,5-8,11,21H,4,9-10,19-20H2,1H3,(H,22,23,25). The van der Waals surface area contributed by atoms with Crippen molar-refractivity contribution in [3.05, 3.63) is 48.0 Å². The number of nitrogens with zero attached hydrogens (tertiary/aromatic N) is 2. The van der Waals surface area contributed by atoms with Crippen LogP contribution in [0, 0.1) is 0 Å². The van der Waals surface area contributed by atoms with Gasteiger partial charge in [0.15, 0.2) is 5.82 Å². The zero-order valence-electron chi connectivity index (χ0n) is 14.1. The van der Waals surface area contributed by atoms with Crippen LogP contribution in [-0.2, 0) is 7.05 Å². The van der Waals surface area contributed by atoms with Gasteiger partial charge in [0.25, 0.3) is 5.91 Å². The van der Waals surface area contributed by atoms with Gasteiger partial charge in [-0.2, -0.15) is 5.10 Å². The SMILES string of the molecule is Cn1nc(NC(=O)c2ccc(NCCCN)c(N)c2)c2ccccc21. The van der Waals surface area contributed by atoms with Crippen molar-refractivity contribution in [1.29, 1.82) is 0 Å². The van der Waals surface area contributed by atoms with Crippen LogP contribution in [0.5, 0.6) is 0 Å². The van der Waals surface area contributed by atoms with Gasteiger partial charge >= 0.3 is 0 Å². The predicted octanol–water partition coefficient (Wildman–Crippen LogP) is 2.17. The molecule has 0 fully saturated rings. The molecule has 7 heteroatoms. The molecule has 1 heterocycles. The Balaban J connectivity index is 1.78. The molecule has 0 aliphatic carbocycles. The van der Waals surface area contributed by atoms with Gasteiger partial charge in [0, 0.05) is 24.5 Å². The highest BCUT2D eigenvalue weighted by atomic mass is 16.1. The van der Waals surface area contributed by atoms with E-state index in [-0.39, 0.29) is 5.91 Å². The number of hydrogen-bond donors (Lipinski definition) is 4. The third-order valence-corrected chi connectivity index (χ3v) is 4.00. The molecule has 0 atom stereocenters. The zero-order valence-corrected chi connectivity index (χ0v) is 14.1. The molecule has 0 aliphatic rings. The molecule has 6 N–H and O–H groups in total. The molecule has 0 bridgehead atoms. The van der Waals surface area contributed by atoms with E-state index in [1.807, 2.05) is 31.3 Å². The minimum atomic E-state index is -0.246. The number of para-hydroxylation sites is 1. The van der Waals surface area contributed by atoms with Gasteiger partial charge in [0.1, 0.15) is 0 Å². The summed E-state index contributed by atoms with van der Waals surface area (Å²) in [6.07, 6.45) is 0.856. The van der Waals surface area contributed by atoms with Crippen LogP contribution in [-0.4, -0.2) is 28.8 Å². The van der Waals surface area contributed by atoms with Crippen LogP contribution < -0.4 is 22.1 Å². The van der Waals surface area contributed by atoms with Crippen LogP contribution in [0.4, 0.5) is 17.2 Å². The van der Waals surface area contributed by atoms with E-state index >= 15 is 0 Å². The van der Waals surface area contributed by atoms with Crippen molar-refractivity contribution in [2.24, 2.45) is 12.8 Å². The zero-order chi connectivity index (χ0) is 17.8. The van der Waals surface area contributed by atoms with Gasteiger partial charge in [-0.05, 0) is 43.3 Å². The van der Waals surface area contributed by atoms with Crippen molar-refractivity contribution in [2.45, 2.75) is 6.42 Å². The lowest BCUT2D eigenvalue weighted by molar-refractivity contribution is 0.102. The van der Waals surface area contributed by atoms with Crippen LogP contribution in [0.2, 0.25) is 0 Å². The van der Waals surface area contributed by atoms with Gasteiger partial charge in [-0.1, -0.05) is 12.1 Å². The lowest BCUT2D eigenvalue weighted by atomic mass is 10.1. The van der Waals surface area contributed by atoms with Crippen molar-refractivity contribution in [1.82, 2.24) is 9.78 Å². The summed E-state index contributed by atoms with van der Waals surface area (Å²) in [4.78, 5) is 12.5. The number of nitrogen functional groups attached to an aromatic ring is 1. The highest BCUT2D eigenvalue weighted by Gasteiger charge is 2.13. The number of rotatable bonds is 6. The Morgan fingerprint density at radius 1 is 1.24 bits per heavy atom. The molecule has 3 rings (SSSR count). The fourth-order valence-corrected chi connectivity index (χ4v) is 2.68. The van der Waals surface area contributed by atoms with Gasteiger partial charge in [0.05, 0.1) is 16.9 Å². The number of carbonyl (C=O) groups excluding carboxylic acids is 1. The summed E-state index contributed by atoms with van der Waals surface area (Å²) in [5.74, 6) is 0.288. The second kappa shape index (κ2) is 7.23. The second-order valence-electron chi connectivity index (χ2n) is 5.81. The molecule has 0 radical (unpaired) electrons. The normalized spacial score (nSPS) is 10.8. The first-order valence-corrected chi connectivity index (χ1v) is 8.16. The van der Waals surface area contributed by atoms with Gasteiger partial charge < -0.3 is 22.1 Å². The van der Waals surface area contributed by atoms with E-state index < -0.39 is 0 Å². The van der Waals surface area contributed by atoms with E-state index in [9.17, 15) is 4.79 Å². The topological polar surface area (TPSA) is 111 Å². The lowest BCUT2D eigenvalue weighted by Crippen LogP contribution is -2.14. The summed E-state index contributed by atoms with van der Waals surface area (Å²) in [5.41, 5.74) is 14.3. The summed E-state index contributed by atoms with van der Waals surface area (Å²) in [7, 11) is 1.85. The Hall–Kier alpha value is -3.06. The summed E-state index contributed by atoms with van der Waals surface area (Å²) < 4.78 is 1.74. The molecule has 0 saturated carbocycles. The molecule has 0 spiro atoms. The van der Waals surface area contributed by atoms with E-state index in [4.69, 9.17) is 11.5 Å². The summed E-state index contributed by atoms with van der Waals surface area (Å²) in [5, 5.41) is 11.3. The Morgan fingerprint density at radius 2 is 2.04 bits per heavy atom. The fourth-order valence-electron chi connectivity index (χ4n) is 2.68. The third-order valence-electron chi connectivity index (χ3n) is 4.00. The number of amides is 1. The second-order valence-corrected chi connectivity index (χ2v) is 5.81. The molecular weight excluding hydrogens is 316 g/mol. The maximum atomic E-state index is 12.5. The van der Waals surface area contributed by atoms with Crippen LogP contribution in [0.3, 0.4) is 0 Å². The number of nitrogens with one attached hydrogen (secondary N) is 2. The third kappa shape index (κ3) is 3.56. The Morgan fingerprint density at radius 3 is 2.80 bits per heavy atom. The van der Waals surface area contributed by atoms with Gasteiger partial charge in [0.2, 0.25) is 0 Å². The summed E-state index contributed by atoms with van der Waals surface area (Å²) >= 11 is 0. The lowest BCUT2D eigenvalue weighted by Gasteiger charge is -2.10. The molecule has 0 aliphatic heterocycles. The van der Waals surface area contributed by atoms with E-state index in [1.54, 1.807) is 22.9 Å². The number of hydrogen-bond acceptors (Lipinski definition) is 5. The maximum absolute atomic E-state index is 12.5. The van der Waals surface area contributed by atoms with Crippen LogP contribution >= 0.6 is 0 Å². The summed E-state index contributed by atoms with van der Waals surface area (Å²) in [6, 6.07) is 12.9. The monoisotopic (exact) mass is 338 g/mol. The van der Waals surface area contributed by atoms with Crippen LogP contribution in [0.1, 0.15) is 16.8 Å². The molecule has 1 amide bonds. The average Bonchev–Trinajstić information content (AvgIpc) is 2.93. The van der Waals surface area contributed by atoms with E-state index in [1.165, 1.54) is 0 Å². The molecule has 0 unspecified atom stereocenters.